The highest BCUT2D eigenvalue weighted by molar-refractivity contribution is 5.94. The SMILES string of the molecule is CC(=O)c1cc(C(C)F)cc(F)c1F. The van der Waals surface area contributed by atoms with Crippen LogP contribution >= 0.6 is 0 Å². The zero-order valence-electron chi connectivity index (χ0n) is 7.77. The van der Waals surface area contributed by atoms with Crippen LogP contribution in [0.4, 0.5) is 13.2 Å². The first-order valence-corrected chi connectivity index (χ1v) is 4.07. The van der Waals surface area contributed by atoms with Crippen molar-refractivity contribution in [3.8, 4) is 0 Å². The maximum absolute atomic E-state index is 13.0. The second kappa shape index (κ2) is 3.82. The number of halogens is 3. The van der Waals surface area contributed by atoms with E-state index in [-0.39, 0.29) is 5.56 Å². The Morgan fingerprint density at radius 1 is 1.36 bits per heavy atom. The molecule has 4 heteroatoms. The monoisotopic (exact) mass is 202 g/mol. The molecule has 0 radical (unpaired) electrons. The van der Waals surface area contributed by atoms with Crippen LogP contribution in [0.2, 0.25) is 0 Å². The van der Waals surface area contributed by atoms with Gasteiger partial charge in [-0.2, -0.15) is 0 Å². The third kappa shape index (κ3) is 1.95. The largest absolute Gasteiger partial charge is 0.294 e. The molecule has 1 nitrogen and oxygen atoms in total. The molecule has 1 rings (SSSR count). The molecule has 0 aliphatic heterocycles. The maximum atomic E-state index is 13.0. The summed E-state index contributed by atoms with van der Waals surface area (Å²) in [5, 5.41) is 0. The van der Waals surface area contributed by atoms with Gasteiger partial charge in [0.15, 0.2) is 17.4 Å². The van der Waals surface area contributed by atoms with Crippen LogP contribution in [0.25, 0.3) is 0 Å². The minimum atomic E-state index is -1.43. The summed E-state index contributed by atoms with van der Waals surface area (Å²) >= 11 is 0. The van der Waals surface area contributed by atoms with Crippen molar-refractivity contribution < 1.29 is 18.0 Å². The van der Waals surface area contributed by atoms with Gasteiger partial charge in [0, 0.05) is 0 Å². The van der Waals surface area contributed by atoms with Gasteiger partial charge in [0.2, 0.25) is 0 Å². The highest BCUT2D eigenvalue weighted by Gasteiger charge is 2.16. The van der Waals surface area contributed by atoms with Gasteiger partial charge in [-0.15, -0.1) is 0 Å². The summed E-state index contributed by atoms with van der Waals surface area (Å²) in [6, 6.07) is 1.79. The number of benzene rings is 1. The Kier molecular flexibility index (Phi) is 2.93. The second-order valence-electron chi connectivity index (χ2n) is 3.04. The molecular formula is C10H9F3O. The Bertz CT molecular complexity index is 372. The van der Waals surface area contributed by atoms with E-state index in [1.54, 1.807) is 0 Å². The van der Waals surface area contributed by atoms with Crippen molar-refractivity contribution in [1.29, 1.82) is 0 Å². The molecule has 1 aromatic carbocycles. The van der Waals surface area contributed by atoms with Gasteiger partial charge < -0.3 is 0 Å². The molecule has 76 valence electrons. The van der Waals surface area contributed by atoms with E-state index in [4.69, 9.17) is 0 Å². The van der Waals surface area contributed by atoms with E-state index in [2.05, 4.69) is 0 Å². The van der Waals surface area contributed by atoms with Gasteiger partial charge in [0.1, 0.15) is 6.17 Å². The molecule has 0 amide bonds. The smallest absolute Gasteiger partial charge is 0.169 e. The van der Waals surface area contributed by atoms with Crippen LogP contribution in [0.3, 0.4) is 0 Å². The second-order valence-corrected chi connectivity index (χ2v) is 3.04. The molecular weight excluding hydrogens is 193 g/mol. The number of alkyl halides is 1. The zero-order valence-corrected chi connectivity index (χ0v) is 7.77. The van der Waals surface area contributed by atoms with E-state index < -0.39 is 29.2 Å². The minimum Gasteiger partial charge on any atom is -0.294 e. The molecule has 0 aromatic heterocycles. The van der Waals surface area contributed by atoms with Crippen LogP contribution in [0.15, 0.2) is 12.1 Å². The molecule has 0 bridgehead atoms. The lowest BCUT2D eigenvalue weighted by atomic mass is 10.0. The Balaban J connectivity index is 3.35. The first kappa shape index (κ1) is 10.8. The molecule has 0 saturated carbocycles. The number of Topliss-reactive ketones (excluding diaryl/α,β-unsaturated/α-hetero) is 1. The molecule has 0 saturated heterocycles. The molecule has 1 unspecified atom stereocenters. The van der Waals surface area contributed by atoms with Crippen LogP contribution in [0.1, 0.15) is 35.9 Å². The van der Waals surface area contributed by atoms with Crippen molar-refractivity contribution in [3.05, 3.63) is 34.9 Å². The van der Waals surface area contributed by atoms with Gasteiger partial charge in [-0.1, -0.05) is 0 Å². The lowest BCUT2D eigenvalue weighted by molar-refractivity contribution is 0.101. The van der Waals surface area contributed by atoms with Crippen molar-refractivity contribution in [3.63, 3.8) is 0 Å². The molecule has 0 heterocycles. The van der Waals surface area contributed by atoms with Gasteiger partial charge in [-0.25, -0.2) is 13.2 Å². The van der Waals surface area contributed by atoms with Gasteiger partial charge in [0.25, 0.3) is 0 Å². The molecule has 1 aromatic rings. The van der Waals surface area contributed by atoms with E-state index in [9.17, 15) is 18.0 Å². The fourth-order valence-corrected chi connectivity index (χ4v) is 1.10. The van der Waals surface area contributed by atoms with E-state index in [1.807, 2.05) is 0 Å². The van der Waals surface area contributed by atoms with Crippen molar-refractivity contribution in [1.82, 2.24) is 0 Å². The van der Waals surface area contributed by atoms with Crippen molar-refractivity contribution in [2.75, 3.05) is 0 Å². The Morgan fingerprint density at radius 2 is 1.93 bits per heavy atom. The third-order valence-corrected chi connectivity index (χ3v) is 1.89. The summed E-state index contributed by atoms with van der Waals surface area (Å²) < 4.78 is 38.6. The molecule has 0 spiro atoms. The Labute approximate surface area is 79.5 Å². The lowest BCUT2D eigenvalue weighted by Crippen LogP contribution is -2.02. The van der Waals surface area contributed by atoms with Crippen LogP contribution < -0.4 is 0 Å². The summed E-state index contributed by atoms with van der Waals surface area (Å²) in [6.07, 6.45) is -1.43. The van der Waals surface area contributed by atoms with Gasteiger partial charge in [0.05, 0.1) is 5.56 Å². The molecule has 14 heavy (non-hydrogen) atoms. The number of carbonyl (C=O) groups excluding carboxylic acids is 1. The van der Waals surface area contributed by atoms with Gasteiger partial charge >= 0.3 is 0 Å². The van der Waals surface area contributed by atoms with Crippen molar-refractivity contribution in [2.24, 2.45) is 0 Å². The van der Waals surface area contributed by atoms with Crippen molar-refractivity contribution >= 4 is 5.78 Å². The van der Waals surface area contributed by atoms with Gasteiger partial charge in [-0.3, -0.25) is 4.79 Å². The lowest BCUT2D eigenvalue weighted by Gasteiger charge is -2.06. The van der Waals surface area contributed by atoms with E-state index in [0.717, 1.165) is 19.1 Å². The number of ketones is 1. The number of rotatable bonds is 2. The van der Waals surface area contributed by atoms with E-state index >= 15 is 0 Å². The van der Waals surface area contributed by atoms with Crippen LogP contribution in [-0.4, -0.2) is 5.78 Å². The normalized spacial score (nSPS) is 12.6. The molecule has 0 aliphatic rings. The average Bonchev–Trinajstić information content (AvgIpc) is 2.08. The number of hydrogen-bond acceptors (Lipinski definition) is 1. The molecule has 1 atom stereocenters. The zero-order chi connectivity index (χ0) is 10.9. The van der Waals surface area contributed by atoms with E-state index in [1.165, 1.54) is 6.92 Å². The molecule has 0 fully saturated rings. The first-order chi connectivity index (χ1) is 6.43. The Hall–Kier alpha value is -1.32. The predicted molar refractivity (Wildman–Crippen MR) is 45.9 cm³/mol. The number of hydrogen-bond donors (Lipinski definition) is 0. The summed E-state index contributed by atoms with van der Waals surface area (Å²) in [5.74, 6) is -3.04. The fraction of sp³-hybridized carbons (Fsp3) is 0.300. The fourth-order valence-electron chi connectivity index (χ4n) is 1.10. The van der Waals surface area contributed by atoms with Crippen LogP contribution in [0, 0.1) is 11.6 Å². The summed E-state index contributed by atoms with van der Waals surface area (Å²) in [5.41, 5.74) is -0.446. The number of carbonyl (C=O) groups is 1. The average molecular weight is 202 g/mol. The van der Waals surface area contributed by atoms with Crippen LogP contribution in [0.5, 0.6) is 0 Å². The third-order valence-electron chi connectivity index (χ3n) is 1.89. The minimum absolute atomic E-state index is 0.0332. The quantitative estimate of drug-likeness (QED) is 0.673. The Morgan fingerprint density at radius 3 is 2.36 bits per heavy atom. The highest BCUT2D eigenvalue weighted by atomic mass is 19.2. The topological polar surface area (TPSA) is 17.1 Å². The summed E-state index contributed by atoms with van der Waals surface area (Å²) in [4.78, 5) is 10.9. The van der Waals surface area contributed by atoms with Gasteiger partial charge in [-0.05, 0) is 31.5 Å². The van der Waals surface area contributed by atoms with Crippen LogP contribution in [-0.2, 0) is 0 Å². The van der Waals surface area contributed by atoms with E-state index in [0.29, 0.717) is 0 Å². The standard InChI is InChI=1S/C10H9F3O/c1-5(11)7-3-8(6(2)14)10(13)9(12)4-7/h3-5H,1-2H3. The van der Waals surface area contributed by atoms with Crippen molar-refractivity contribution in [2.45, 2.75) is 20.0 Å². The molecule has 0 aliphatic carbocycles. The molecule has 0 N–H and O–H groups in total. The highest BCUT2D eigenvalue weighted by Crippen LogP contribution is 2.22. The predicted octanol–water partition coefficient (Wildman–Crippen LogP) is 3.20. The summed E-state index contributed by atoms with van der Waals surface area (Å²) in [6.45, 7) is 2.29. The first-order valence-electron chi connectivity index (χ1n) is 4.07. The summed E-state index contributed by atoms with van der Waals surface area (Å²) in [7, 11) is 0. The maximum Gasteiger partial charge on any atom is 0.169 e.